The molecule has 1 fully saturated rings. The van der Waals surface area contributed by atoms with Crippen molar-refractivity contribution in [2.75, 3.05) is 7.11 Å². The van der Waals surface area contributed by atoms with Crippen molar-refractivity contribution < 1.29 is 19.4 Å². The second-order valence-electron chi connectivity index (χ2n) is 4.72. The van der Waals surface area contributed by atoms with Crippen molar-refractivity contribution >= 4 is 11.9 Å². The van der Waals surface area contributed by atoms with E-state index in [1.807, 2.05) is 6.92 Å². The van der Waals surface area contributed by atoms with Gasteiger partial charge in [-0.2, -0.15) is 0 Å². The highest BCUT2D eigenvalue weighted by Gasteiger charge is 2.30. The number of hydrogen-bond acceptors (Lipinski definition) is 3. The van der Waals surface area contributed by atoms with Gasteiger partial charge in [0.15, 0.2) is 0 Å². The van der Waals surface area contributed by atoms with Gasteiger partial charge in [0.05, 0.1) is 6.10 Å². The highest BCUT2D eigenvalue weighted by Crippen LogP contribution is 2.33. The van der Waals surface area contributed by atoms with E-state index in [9.17, 15) is 9.59 Å². The third-order valence-electron chi connectivity index (χ3n) is 3.08. The minimum Gasteiger partial charge on any atom is -0.480 e. The summed E-state index contributed by atoms with van der Waals surface area (Å²) in [6.07, 6.45) is 3.66. The summed E-state index contributed by atoms with van der Waals surface area (Å²) in [4.78, 5) is 22.5. The molecule has 0 aliphatic heterocycles. The Bertz CT molecular complexity index is 276. The summed E-state index contributed by atoms with van der Waals surface area (Å²) >= 11 is 0. The predicted molar refractivity (Wildman–Crippen MR) is 62.6 cm³/mol. The van der Waals surface area contributed by atoms with Crippen LogP contribution in [0.2, 0.25) is 0 Å². The van der Waals surface area contributed by atoms with Crippen LogP contribution in [-0.2, 0) is 14.3 Å². The first kappa shape index (κ1) is 14.0. The van der Waals surface area contributed by atoms with E-state index >= 15 is 0 Å². The fourth-order valence-corrected chi connectivity index (χ4v) is 1.63. The molecule has 5 nitrogen and oxygen atoms in total. The number of ether oxygens (including phenoxy) is 1. The van der Waals surface area contributed by atoms with E-state index in [2.05, 4.69) is 5.32 Å². The summed E-state index contributed by atoms with van der Waals surface area (Å²) in [6, 6.07) is -0.729. The molecule has 0 spiro atoms. The van der Waals surface area contributed by atoms with Crippen molar-refractivity contribution in [3.05, 3.63) is 0 Å². The van der Waals surface area contributed by atoms with Crippen LogP contribution in [0.25, 0.3) is 0 Å². The second kappa shape index (κ2) is 6.59. The standard InChI is InChI=1S/C12H21NO4/c1-8(17-2)3-6-11(14)13-10(12(15)16)7-9-4-5-9/h8-10H,3-7H2,1-2H3,(H,13,14)(H,15,16). The molecule has 0 aromatic rings. The van der Waals surface area contributed by atoms with Crippen LogP contribution in [0.5, 0.6) is 0 Å². The average molecular weight is 243 g/mol. The maximum absolute atomic E-state index is 11.6. The minimum atomic E-state index is -0.940. The molecule has 0 saturated heterocycles. The number of aliphatic carboxylic acids is 1. The smallest absolute Gasteiger partial charge is 0.326 e. The molecule has 1 saturated carbocycles. The zero-order valence-electron chi connectivity index (χ0n) is 10.4. The van der Waals surface area contributed by atoms with Crippen LogP contribution in [0.4, 0.5) is 0 Å². The quantitative estimate of drug-likeness (QED) is 0.671. The van der Waals surface area contributed by atoms with Crippen molar-refractivity contribution in [1.29, 1.82) is 0 Å². The van der Waals surface area contributed by atoms with Gasteiger partial charge >= 0.3 is 5.97 Å². The molecule has 2 N–H and O–H groups in total. The van der Waals surface area contributed by atoms with Gasteiger partial charge in [-0.25, -0.2) is 4.79 Å². The Morgan fingerprint density at radius 1 is 1.47 bits per heavy atom. The number of carbonyl (C=O) groups excluding carboxylic acids is 1. The Balaban J connectivity index is 2.27. The zero-order valence-corrected chi connectivity index (χ0v) is 10.4. The molecular formula is C12H21NO4. The van der Waals surface area contributed by atoms with Crippen molar-refractivity contribution in [2.45, 2.75) is 51.2 Å². The highest BCUT2D eigenvalue weighted by atomic mass is 16.5. The number of rotatable bonds is 8. The molecule has 0 heterocycles. The topological polar surface area (TPSA) is 75.6 Å². The lowest BCUT2D eigenvalue weighted by Gasteiger charge is -2.15. The lowest BCUT2D eigenvalue weighted by atomic mass is 10.1. The van der Waals surface area contributed by atoms with Crippen molar-refractivity contribution in [2.24, 2.45) is 5.92 Å². The molecule has 0 aromatic heterocycles. The Kier molecular flexibility index (Phi) is 5.41. The first-order valence-electron chi connectivity index (χ1n) is 6.08. The zero-order chi connectivity index (χ0) is 12.8. The number of nitrogens with one attached hydrogen (secondary N) is 1. The maximum Gasteiger partial charge on any atom is 0.326 e. The molecule has 1 aliphatic rings. The van der Waals surface area contributed by atoms with E-state index in [1.54, 1.807) is 7.11 Å². The third kappa shape index (κ3) is 5.68. The lowest BCUT2D eigenvalue weighted by Crippen LogP contribution is -2.41. The molecule has 0 radical (unpaired) electrons. The van der Waals surface area contributed by atoms with Gasteiger partial charge in [0.2, 0.25) is 5.91 Å². The lowest BCUT2D eigenvalue weighted by molar-refractivity contribution is -0.142. The molecule has 2 atom stereocenters. The Labute approximate surface area is 102 Å². The van der Waals surface area contributed by atoms with Gasteiger partial charge in [-0.15, -0.1) is 0 Å². The van der Waals surface area contributed by atoms with Crippen LogP contribution in [0.15, 0.2) is 0 Å². The SMILES string of the molecule is COC(C)CCC(=O)NC(CC1CC1)C(=O)O. The Morgan fingerprint density at radius 3 is 2.59 bits per heavy atom. The summed E-state index contributed by atoms with van der Waals surface area (Å²) in [6.45, 7) is 1.88. The first-order valence-corrected chi connectivity index (χ1v) is 6.08. The van der Waals surface area contributed by atoms with E-state index < -0.39 is 12.0 Å². The van der Waals surface area contributed by atoms with Crippen LogP contribution in [0.3, 0.4) is 0 Å². The average Bonchev–Trinajstić information content (AvgIpc) is 3.08. The Morgan fingerprint density at radius 2 is 2.12 bits per heavy atom. The summed E-state index contributed by atoms with van der Waals surface area (Å²) < 4.78 is 5.03. The van der Waals surface area contributed by atoms with Crippen LogP contribution in [-0.4, -0.2) is 36.2 Å². The summed E-state index contributed by atoms with van der Waals surface area (Å²) in [5.41, 5.74) is 0. The van der Waals surface area contributed by atoms with E-state index in [0.717, 1.165) is 12.8 Å². The largest absolute Gasteiger partial charge is 0.480 e. The van der Waals surface area contributed by atoms with E-state index in [4.69, 9.17) is 9.84 Å². The van der Waals surface area contributed by atoms with Crippen LogP contribution < -0.4 is 5.32 Å². The third-order valence-corrected chi connectivity index (χ3v) is 3.08. The molecule has 5 heteroatoms. The van der Waals surface area contributed by atoms with Crippen LogP contribution in [0.1, 0.15) is 39.0 Å². The normalized spacial score (nSPS) is 18.5. The molecule has 1 aliphatic carbocycles. The summed E-state index contributed by atoms with van der Waals surface area (Å²) in [5, 5.41) is 11.6. The van der Waals surface area contributed by atoms with Crippen LogP contribution >= 0.6 is 0 Å². The number of hydrogen-bond donors (Lipinski definition) is 2. The van der Waals surface area contributed by atoms with Gasteiger partial charge in [0.1, 0.15) is 6.04 Å². The molecule has 1 rings (SSSR count). The fraction of sp³-hybridized carbons (Fsp3) is 0.833. The molecule has 0 bridgehead atoms. The van der Waals surface area contributed by atoms with E-state index in [-0.39, 0.29) is 12.0 Å². The number of methoxy groups -OCH3 is 1. The van der Waals surface area contributed by atoms with Gasteiger partial charge < -0.3 is 15.2 Å². The monoisotopic (exact) mass is 243 g/mol. The predicted octanol–water partition coefficient (Wildman–Crippen LogP) is 1.17. The highest BCUT2D eigenvalue weighted by molar-refractivity contribution is 5.83. The number of carbonyl (C=O) groups is 2. The first-order chi connectivity index (χ1) is 8.02. The Hall–Kier alpha value is -1.10. The number of amides is 1. The van der Waals surface area contributed by atoms with Gasteiger partial charge in [-0.3, -0.25) is 4.79 Å². The van der Waals surface area contributed by atoms with E-state index in [1.165, 1.54) is 0 Å². The molecule has 1 amide bonds. The van der Waals surface area contributed by atoms with Crippen LogP contribution in [0, 0.1) is 5.92 Å². The van der Waals surface area contributed by atoms with Gasteiger partial charge in [-0.1, -0.05) is 12.8 Å². The van der Waals surface area contributed by atoms with Gasteiger partial charge in [-0.05, 0) is 25.7 Å². The van der Waals surface area contributed by atoms with Crippen molar-refractivity contribution in [3.63, 3.8) is 0 Å². The van der Waals surface area contributed by atoms with Gasteiger partial charge in [0, 0.05) is 13.5 Å². The number of carboxylic acids is 1. The molecule has 17 heavy (non-hydrogen) atoms. The van der Waals surface area contributed by atoms with Crippen molar-refractivity contribution in [1.82, 2.24) is 5.32 Å². The van der Waals surface area contributed by atoms with E-state index in [0.29, 0.717) is 25.2 Å². The van der Waals surface area contributed by atoms with Gasteiger partial charge in [0.25, 0.3) is 0 Å². The molecule has 2 unspecified atom stereocenters. The minimum absolute atomic E-state index is 0.0208. The summed E-state index contributed by atoms with van der Waals surface area (Å²) in [5.74, 6) is -0.665. The summed E-state index contributed by atoms with van der Waals surface area (Å²) in [7, 11) is 1.59. The second-order valence-corrected chi connectivity index (χ2v) is 4.72. The number of carboxylic acid groups (broad SMARTS) is 1. The van der Waals surface area contributed by atoms with Crippen molar-refractivity contribution in [3.8, 4) is 0 Å². The maximum atomic E-state index is 11.6. The molecular weight excluding hydrogens is 222 g/mol. The molecule has 98 valence electrons. The molecule has 0 aromatic carbocycles. The fourth-order valence-electron chi connectivity index (χ4n) is 1.63.